The first-order chi connectivity index (χ1) is 12.5. The highest BCUT2D eigenvalue weighted by molar-refractivity contribution is 7.17. The number of hydrogen-bond acceptors (Lipinski definition) is 5. The molecule has 8 heteroatoms. The highest BCUT2D eigenvalue weighted by Gasteiger charge is 2.19. The largest absolute Gasteiger partial charge is 0.389 e. The number of halogens is 2. The summed E-state index contributed by atoms with van der Waals surface area (Å²) in [5.41, 5.74) is 1.88. The molecule has 1 amide bonds. The van der Waals surface area contributed by atoms with E-state index in [0.717, 1.165) is 37.3 Å². The second-order valence-corrected chi connectivity index (χ2v) is 8.30. The van der Waals surface area contributed by atoms with Gasteiger partial charge in [-0.05, 0) is 37.1 Å². The number of carbonyl (C=O) groups is 1. The molecule has 5 nitrogen and oxygen atoms in total. The van der Waals surface area contributed by atoms with E-state index in [1.165, 1.54) is 11.3 Å². The molecule has 0 saturated carbocycles. The summed E-state index contributed by atoms with van der Waals surface area (Å²) < 4.78 is 0.563. The topological polar surface area (TPSA) is 64.6 Å². The van der Waals surface area contributed by atoms with Crippen molar-refractivity contribution in [2.24, 2.45) is 0 Å². The third-order valence-electron chi connectivity index (χ3n) is 4.23. The predicted octanol–water partition coefficient (Wildman–Crippen LogP) is 3.86. The highest BCUT2D eigenvalue weighted by atomic mass is 35.5. The van der Waals surface area contributed by atoms with E-state index in [2.05, 4.69) is 15.5 Å². The van der Waals surface area contributed by atoms with Gasteiger partial charge in [0.2, 0.25) is 0 Å². The summed E-state index contributed by atoms with van der Waals surface area (Å²) in [4.78, 5) is 14.8. The van der Waals surface area contributed by atoms with Crippen molar-refractivity contribution in [2.75, 3.05) is 36.4 Å². The molecule has 140 valence electrons. The third kappa shape index (κ3) is 4.82. The van der Waals surface area contributed by atoms with Crippen molar-refractivity contribution in [1.82, 2.24) is 5.32 Å². The maximum absolute atomic E-state index is 12.0. The molecular formula is C18H21Cl2N3O2S. The molecule has 0 aliphatic carbocycles. The normalized spacial score (nSPS) is 15.1. The Morgan fingerprint density at radius 1 is 1.19 bits per heavy atom. The average molecular weight is 414 g/mol. The molecule has 1 aromatic heterocycles. The number of nitrogens with one attached hydrogen (secondary N) is 2. The summed E-state index contributed by atoms with van der Waals surface area (Å²) in [6.07, 6.45) is 1.60. The minimum absolute atomic E-state index is 0.154. The van der Waals surface area contributed by atoms with Crippen molar-refractivity contribution in [1.29, 1.82) is 0 Å². The second-order valence-electron chi connectivity index (χ2n) is 6.18. The quantitative estimate of drug-likeness (QED) is 0.644. The summed E-state index contributed by atoms with van der Waals surface area (Å²) in [5, 5.41) is 16.9. The molecule has 3 N–H and O–H groups in total. The number of amides is 1. The Balaban J connectivity index is 1.54. The van der Waals surface area contributed by atoms with Crippen LogP contribution >= 0.6 is 34.5 Å². The van der Waals surface area contributed by atoms with Gasteiger partial charge in [0.1, 0.15) is 0 Å². The number of thiophene rings is 1. The van der Waals surface area contributed by atoms with Gasteiger partial charge in [0.15, 0.2) is 0 Å². The molecule has 2 aromatic rings. The van der Waals surface area contributed by atoms with Gasteiger partial charge in [-0.1, -0.05) is 29.3 Å². The van der Waals surface area contributed by atoms with Gasteiger partial charge in [0.05, 0.1) is 31.7 Å². The summed E-state index contributed by atoms with van der Waals surface area (Å²) in [5.74, 6) is -0.235. The Labute approximate surface area is 166 Å². The molecule has 0 radical (unpaired) electrons. The lowest BCUT2D eigenvalue weighted by Crippen LogP contribution is -2.35. The number of carbonyl (C=O) groups excluding carboxylic acids is 1. The molecule has 1 aliphatic heterocycles. The zero-order valence-electron chi connectivity index (χ0n) is 14.2. The monoisotopic (exact) mass is 413 g/mol. The first-order valence-electron chi connectivity index (χ1n) is 8.53. The van der Waals surface area contributed by atoms with Crippen molar-refractivity contribution in [3.8, 4) is 0 Å². The van der Waals surface area contributed by atoms with Crippen LogP contribution in [0.5, 0.6) is 0 Å². The molecule has 1 atom stereocenters. The lowest BCUT2D eigenvalue weighted by molar-refractivity contribution is 0.0926. The first kappa shape index (κ1) is 19.3. The molecule has 0 spiro atoms. The van der Waals surface area contributed by atoms with Crippen LogP contribution in [0.1, 0.15) is 22.5 Å². The van der Waals surface area contributed by atoms with Gasteiger partial charge in [-0.25, -0.2) is 0 Å². The zero-order chi connectivity index (χ0) is 18.5. The smallest absolute Gasteiger partial charge is 0.261 e. The van der Waals surface area contributed by atoms with Crippen molar-refractivity contribution < 1.29 is 9.90 Å². The lowest BCUT2D eigenvalue weighted by Gasteiger charge is -2.24. The summed E-state index contributed by atoms with van der Waals surface area (Å²) in [6, 6.07) is 9.07. The lowest BCUT2D eigenvalue weighted by atomic mass is 10.2. The Morgan fingerprint density at radius 3 is 2.65 bits per heavy atom. The molecule has 1 fully saturated rings. The molecule has 1 unspecified atom stereocenters. The molecule has 26 heavy (non-hydrogen) atoms. The van der Waals surface area contributed by atoms with E-state index in [1.807, 2.05) is 18.2 Å². The SMILES string of the molecule is O=C(NCC(O)CNc1cccc(Cl)c1N1CCCC1)c1ccc(Cl)s1. The Kier molecular flexibility index (Phi) is 6.64. The van der Waals surface area contributed by atoms with E-state index in [4.69, 9.17) is 23.2 Å². The second kappa shape index (κ2) is 8.95. The fraction of sp³-hybridized carbons (Fsp3) is 0.389. The van der Waals surface area contributed by atoms with Gasteiger partial charge < -0.3 is 20.6 Å². The van der Waals surface area contributed by atoms with Crippen LogP contribution in [0.2, 0.25) is 9.36 Å². The van der Waals surface area contributed by atoms with Crippen molar-refractivity contribution >= 4 is 51.8 Å². The highest BCUT2D eigenvalue weighted by Crippen LogP contribution is 2.35. The number of hydrogen-bond donors (Lipinski definition) is 3. The summed E-state index contributed by atoms with van der Waals surface area (Å²) in [6.45, 7) is 2.44. The van der Waals surface area contributed by atoms with Crippen LogP contribution in [0.3, 0.4) is 0 Å². The Morgan fingerprint density at radius 2 is 1.96 bits per heavy atom. The molecule has 1 aliphatic rings. The van der Waals surface area contributed by atoms with Gasteiger partial charge in [0, 0.05) is 26.2 Å². The molecule has 1 saturated heterocycles. The minimum Gasteiger partial charge on any atom is -0.389 e. The number of aliphatic hydroxyl groups excluding tert-OH is 1. The van der Waals surface area contributed by atoms with Crippen LogP contribution in [0.4, 0.5) is 11.4 Å². The van der Waals surface area contributed by atoms with Gasteiger partial charge >= 0.3 is 0 Å². The van der Waals surface area contributed by atoms with E-state index in [0.29, 0.717) is 20.8 Å². The van der Waals surface area contributed by atoms with E-state index < -0.39 is 6.10 Å². The van der Waals surface area contributed by atoms with E-state index in [1.54, 1.807) is 12.1 Å². The molecule has 0 bridgehead atoms. The number of para-hydroxylation sites is 1. The number of rotatable bonds is 7. The maximum Gasteiger partial charge on any atom is 0.261 e. The minimum atomic E-state index is -0.722. The van der Waals surface area contributed by atoms with Crippen LogP contribution in [0.25, 0.3) is 0 Å². The fourth-order valence-corrected chi connectivity index (χ4v) is 4.21. The molecule has 3 rings (SSSR count). The van der Waals surface area contributed by atoms with Gasteiger partial charge in [-0.15, -0.1) is 11.3 Å². The average Bonchev–Trinajstić information content (AvgIpc) is 3.29. The van der Waals surface area contributed by atoms with Crippen molar-refractivity contribution in [2.45, 2.75) is 18.9 Å². The number of benzene rings is 1. The van der Waals surface area contributed by atoms with Crippen LogP contribution < -0.4 is 15.5 Å². The fourth-order valence-electron chi connectivity index (χ4n) is 2.95. The van der Waals surface area contributed by atoms with E-state index in [9.17, 15) is 9.90 Å². The number of nitrogens with zero attached hydrogens (tertiary/aromatic N) is 1. The Hall–Kier alpha value is -1.47. The number of aliphatic hydroxyl groups is 1. The maximum atomic E-state index is 12.0. The number of anilines is 2. The van der Waals surface area contributed by atoms with Crippen LogP contribution in [0, 0.1) is 0 Å². The zero-order valence-corrected chi connectivity index (χ0v) is 16.5. The third-order valence-corrected chi connectivity index (χ3v) is 5.77. The van der Waals surface area contributed by atoms with Gasteiger partial charge in [-0.2, -0.15) is 0 Å². The molecular weight excluding hydrogens is 393 g/mol. The van der Waals surface area contributed by atoms with Crippen LogP contribution in [-0.2, 0) is 0 Å². The Bertz CT molecular complexity index is 763. The van der Waals surface area contributed by atoms with Crippen molar-refractivity contribution in [3.05, 3.63) is 44.6 Å². The predicted molar refractivity (Wildman–Crippen MR) is 109 cm³/mol. The van der Waals surface area contributed by atoms with Crippen molar-refractivity contribution in [3.63, 3.8) is 0 Å². The van der Waals surface area contributed by atoms with Crippen LogP contribution in [0.15, 0.2) is 30.3 Å². The van der Waals surface area contributed by atoms with Crippen LogP contribution in [-0.4, -0.2) is 43.3 Å². The first-order valence-corrected chi connectivity index (χ1v) is 10.1. The molecule has 2 heterocycles. The summed E-state index contributed by atoms with van der Waals surface area (Å²) in [7, 11) is 0. The standard InChI is InChI=1S/C18H21Cl2N3O2S/c19-13-4-3-5-14(17(13)23-8-1-2-9-23)21-10-12(24)11-22-18(25)15-6-7-16(20)26-15/h3-7,12,21,24H,1-2,8-11H2,(H,22,25). The molecule has 1 aromatic carbocycles. The van der Waals surface area contributed by atoms with E-state index >= 15 is 0 Å². The van der Waals surface area contributed by atoms with E-state index in [-0.39, 0.29) is 12.5 Å². The summed E-state index contributed by atoms with van der Waals surface area (Å²) >= 11 is 13.4. The van der Waals surface area contributed by atoms with Gasteiger partial charge in [-0.3, -0.25) is 4.79 Å². The van der Waals surface area contributed by atoms with Gasteiger partial charge in [0.25, 0.3) is 5.91 Å².